The Hall–Kier alpha value is -1.79. The zero-order valence-electron chi connectivity index (χ0n) is 10.6. The Balaban J connectivity index is 3.19. The molecular weight excluding hydrogens is 266 g/mol. The van der Waals surface area contributed by atoms with Gasteiger partial charge in [-0.15, -0.1) is 0 Å². The fraction of sp³-hybridized carbons (Fsp3) is 0.417. The molecule has 0 aliphatic carbocycles. The SMILES string of the molecule is COC(=O)C(C)(Nc1cc(C)cc(F)c1)C(F)(F)F. The topological polar surface area (TPSA) is 38.3 Å². The number of hydrogen-bond donors (Lipinski definition) is 1. The van der Waals surface area contributed by atoms with E-state index in [2.05, 4.69) is 4.74 Å². The van der Waals surface area contributed by atoms with E-state index in [4.69, 9.17) is 0 Å². The normalized spacial score (nSPS) is 14.7. The predicted octanol–water partition coefficient (Wildman–Crippen LogP) is 3.04. The molecule has 0 fully saturated rings. The van der Waals surface area contributed by atoms with Crippen LogP contribution in [0.25, 0.3) is 0 Å². The largest absolute Gasteiger partial charge is 0.467 e. The first-order valence-corrected chi connectivity index (χ1v) is 5.30. The number of ether oxygens (including phenoxy) is 1. The Morgan fingerprint density at radius 2 is 1.84 bits per heavy atom. The molecule has 3 nitrogen and oxygen atoms in total. The van der Waals surface area contributed by atoms with Gasteiger partial charge in [-0.3, -0.25) is 0 Å². The smallest absolute Gasteiger partial charge is 0.422 e. The number of halogens is 4. The molecule has 0 saturated heterocycles. The van der Waals surface area contributed by atoms with Gasteiger partial charge in [0.25, 0.3) is 0 Å². The summed E-state index contributed by atoms with van der Waals surface area (Å²) in [6.07, 6.45) is -4.89. The highest BCUT2D eigenvalue weighted by Crippen LogP contribution is 2.34. The van der Waals surface area contributed by atoms with Crippen LogP contribution in [0.15, 0.2) is 18.2 Å². The van der Waals surface area contributed by atoms with Crippen LogP contribution in [0, 0.1) is 12.7 Å². The Morgan fingerprint density at radius 1 is 1.26 bits per heavy atom. The van der Waals surface area contributed by atoms with Crippen molar-refractivity contribution in [3.05, 3.63) is 29.6 Å². The van der Waals surface area contributed by atoms with Gasteiger partial charge in [0.05, 0.1) is 7.11 Å². The summed E-state index contributed by atoms with van der Waals surface area (Å²) in [7, 11) is 0.852. The van der Waals surface area contributed by atoms with E-state index in [9.17, 15) is 22.4 Å². The van der Waals surface area contributed by atoms with E-state index in [-0.39, 0.29) is 5.69 Å². The van der Waals surface area contributed by atoms with Gasteiger partial charge in [0.1, 0.15) is 5.82 Å². The van der Waals surface area contributed by atoms with E-state index in [0.717, 1.165) is 19.2 Å². The van der Waals surface area contributed by atoms with Gasteiger partial charge >= 0.3 is 12.1 Å². The van der Waals surface area contributed by atoms with E-state index >= 15 is 0 Å². The van der Waals surface area contributed by atoms with Crippen LogP contribution in [0.5, 0.6) is 0 Å². The van der Waals surface area contributed by atoms with Crippen LogP contribution in [-0.2, 0) is 9.53 Å². The molecule has 1 N–H and O–H groups in total. The fourth-order valence-corrected chi connectivity index (χ4v) is 1.54. The summed E-state index contributed by atoms with van der Waals surface area (Å²) in [6.45, 7) is 2.16. The van der Waals surface area contributed by atoms with Crippen LogP contribution >= 0.6 is 0 Å². The average Bonchev–Trinajstić information content (AvgIpc) is 2.24. The number of hydrogen-bond acceptors (Lipinski definition) is 3. The minimum atomic E-state index is -4.89. The number of esters is 1. The van der Waals surface area contributed by atoms with Crippen molar-refractivity contribution in [1.29, 1.82) is 0 Å². The third kappa shape index (κ3) is 3.15. The highest BCUT2D eigenvalue weighted by atomic mass is 19.4. The molecule has 0 bridgehead atoms. The van der Waals surface area contributed by atoms with Crippen LogP contribution in [0.4, 0.5) is 23.2 Å². The highest BCUT2D eigenvalue weighted by molar-refractivity contribution is 5.85. The second-order valence-corrected chi connectivity index (χ2v) is 4.26. The van der Waals surface area contributed by atoms with Gasteiger partial charge in [0.15, 0.2) is 0 Å². The number of nitrogens with one attached hydrogen (secondary N) is 1. The molecule has 0 saturated carbocycles. The Labute approximate surface area is 107 Å². The number of carbonyl (C=O) groups is 1. The van der Waals surface area contributed by atoms with Gasteiger partial charge in [-0.2, -0.15) is 13.2 Å². The van der Waals surface area contributed by atoms with Crippen molar-refractivity contribution in [1.82, 2.24) is 0 Å². The minimum absolute atomic E-state index is 0.150. The maximum Gasteiger partial charge on any atom is 0.422 e. The summed E-state index contributed by atoms with van der Waals surface area (Å²) in [6, 6.07) is 3.34. The number of rotatable bonds is 3. The fourth-order valence-electron chi connectivity index (χ4n) is 1.54. The molecule has 1 unspecified atom stereocenters. The molecule has 0 spiro atoms. The van der Waals surface area contributed by atoms with Gasteiger partial charge in [0, 0.05) is 5.69 Å². The first-order valence-electron chi connectivity index (χ1n) is 5.30. The molecule has 0 amide bonds. The molecule has 7 heteroatoms. The van der Waals surface area contributed by atoms with Crippen molar-refractivity contribution in [2.24, 2.45) is 0 Å². The van der Waals surface area contributed by atoms with Gasteiger partial charge in [0.2, 0.25) is 5.54 Å². The van der Waals surface area contributed by atoms with Gasteiger partial charge in [-0.25, -0.2) is 9.18 Å². The summed E-state index contributed by atoms with van der Waals surface area (Å²) >= 11 is 0. The standard InChI is InChI=1S/C12H13F4NO2/c1-7-4-8(13)6-9(5-7)17-11(2,10(18)19-3)12(14,15)16/h4-6,17H,1-3H3. The van der Waals surface area contributed by atoms with Crippen LogP contribution < -0.4 is 5.32 Å². The molecule has 0 aliphatic rings. The lowest BCUT2D eigenvalue weighted by Gasteiger charge is -2.31. The number of methoxy groups -OCH3 is 1. The monoisotopic (exact) mass is 279 g/mol. The third-order valence-electron chi connectivity index (χ3n) is 2.60. The lowest BCUT2D eigenvalue weighted by Crippen LogP contribution is -2.56. The van der Waals surface area contributed by atoms with Crippen molar-refractivity contribution in [3.8, 4) is 0 Å². The number of benzene rings is 1. The second-order valence-electron chi connectivity index (χ2n) is 4.26. The molecule has 1 atom stereocenters. The number of carbonyl (C=O) groups excluding carboxylic acids is 1. The number of aryl methyl sites for hydroxylation is 1. The van der Waals surface area contributed by atoms with Crippen molar-refractivity contribution in [3.63, 3.8) is 0 Å². The molecular formula is C12H13F4NO2. The van der Waals surface area contributed by atoms with Crippen LogP contribution in [0.1, 0.15) is 12.5 Å². The second kappa shape index (κ2) is 5.07. The van der Waals surface area contributed by atoms with E-state index < -0.39 is 23.5 Å². The minimum Gasteiger partial charge on any atom is -0.467 e. The molecule has 0 heterocycles. The van der Waals surface area contributed by atoms with Crippen molar-refractivity contribution in [2.75, 3.05) is 12.4 Å². The van der Waals surface area contributed by atoms with E-state index in [1.165, 1.54) is 13.0 Å². The summed E-state index contributed by atoms with van der Waals surface area (Å²) < 4.78 is 56.2. The molecule has 0 aliphatic heterocycles. The zero-order valence-corrected chi connectivity index (χ0v) is 10.6. The summed E-state index contributed by atoms with van der Waals surface area (Å²) in [5.41, 5.74) is -2.67. The lowest BCUT2D eigenvalue weighted by molar-refractivity contribution is -0.195. The molecule has 0 aromatic heterocycles. The van der Waals surface area contributed by atoms with E-state index in [0.29, 0.717) is 12.5 Å². The first-order chi connectivity index (χ1) is 8.60. The summed E-state index contributed by atoms with van der Waals surface area (Å²) in [5.74, 6) is -2.20. The van der Waals surface area contributed by atoms with Crippen LogP contribution in [0.3, 0.4) is 0 Å². The van der Waals surface area contributed by atoms with Crippen molar-refractivity contribution < 1.29 is 27.1 Å². The number of anilines is 1. The quantitative estimate of drug-likeness (QED) is 0.682. The first kappa shape index (κ1) is 15.3. The van der Waals surface area contributed by atoms with Crippen LogP contribution in [-0.4, -0.2) is 24.8 Å². The maximum atomic E-state index is 13.1. The van der Waals surface area contributed by atoms with Crippen LogP contribution in [0.2, 0.25) is 0 Å². The van der Waals surface area contributed by atoms with E-state index in [1.54, 1.807) is 0 Å². The van der Waals surface area contributed by atoms with Crippen molar-refractivity contribution >= 4 is 11.7 Å². The maximum absolute atomic E-state index is 13.1. The van der Waals surface area contributed by atoms with Gasteiger partial charge in [-0.1, -0.05) is 0 Å². The Kier molecular flexibility index (Phi) is 4.07. The Morgan fingerprint density at radius 3 is 2.26 bits per heavy atom. The van der Waals surface area contributed by atoms with Gasteiger partial charge < -0.3 is 10.1 Å². The molecule has 19 heavy (non-hydrogen) atoms. The zero-order chi connectivity index (χ0) is 14.8. The predicted molar refractivity (Wildman–Crippen MR) is 61.2 cm³/mol. The van der Waals surface area contributed by atoms with E-state index in [1.807, 2.05) is 5.32 Å². The molecule has 1 aromatic rings. The van der Waals surface area contributed by atoms with Crippen molar-refractivity contribution in [2.45, 2.75) is 25.6 Å². The highest BCUT2D eigenvalue weighted by Gasteiger charge is 2.58. The molecule has 106 valence electrons. The summed E-state index contributed by atoms with van der Waals surface area (Å²) in [4.78, 5) is 11.4. The Bertz CT molecular complexity index is 467. The molecule has 0 radical (unpaired) electrons. The number of alkyl halides is 3. The average molecular weight is 279 g/mol. The van der Waals surface area contributed by atoms with Gasteiger partial charge in [-0.05, 0) is 37.6 Å². The summed E-state index contributed by atoms with van der Waals surface area (Å²) in [5, 5.41) is 1.99. The molecule has 1 rings (SSSR count). The third-order valence-corrected chi connectivity index (χ3v) is 2.60. The molecule has 1 aromatic carbocycles. The lowest BCUT2D eigenvalue weighted by atomic mass is 10.0.